The van der Waals surface area contributed by atoms with Crippen molar-refractivity contribution in [1.29, 1.82) is 0 Å². The van der Waals surface area contributed by atoms with Gasteiger partial charge in [0.2, 0.25) is 11.7 Å². The molecule has 3 N–H and O–H groups in total. The number of carbonyl (C=O) groups excluding carboxylic acids is 2. The van der Waals surface area contributed by atoms with Crippen molar-refractivity contribution in [2.75, 3.05) is 5.32 Å². The molecular weight excluding hydrogens is 420 g/mol. The zero-order valence-corrected chi connectivity index (χ0v) is 17.3. The van der Waals surface area contributed by atoms with Crippen molar-refractivity contribution < 1.29 is 18.4 Å². The van der Waals surface area contributed by atoms with Crippen LogP contribution < -0.4 is 11.1 Å². The first kappa shape index (κ1) is 20.3. The third kappa shape index (κ3) is 2.99. The maximum Gasteiger partial charge on any atom is 0.288 e. The lowest BCUT2D eigenvalue weighted by atomic mass is 9.71. The highest BCUT2D eigenvalue weighted by Crippen LogP contribution is 2.46. The van der Waals surface area contributed by atoms with Crippen molar-refractivity contribution >= 4 is 17.5 Å². The summed E-state index contributed by atoms with van der Waals surface area (Å²) in [5.41, 5.74) is 5.53. The Bertz CT molecular complexity index is 1250. The second-order valence-corrected chi connectivity index (χ2v) is 8.31. The smallest absolute Gasteiger partial charge is 0.288 e. The molecule has 166 valence electrons. The Morgan fingerprint density at radius 1 is 1.31 bits per heavy atom. The number of hydrogen-bond acceptors (Lipinski definition) is 5. The summed E-state index contributed by atoms with van der Waals surface area (Å²) in [5, 5.41) is 11.3. The molecule has 0 fully saturated rings. The fraction of sp³-hybridized carbons (Fsp3) is 0.381. The third-order valence-corrected chi connectivity index (χ3v) is 6.42. The molecule has 1 unspecified atom stereocenters. The second-order valence-electron chi connectivity index (χ2n) is 8.31. The summed E-state index contributed by atoms with van der Waals surface area (Å²) in [4.78, 5) is 29.6. The Morgan fingerprint density at radius 3 is 2.84 bits per heavy atom. The highest BCUT2D eigenvalue weighted by molar-refractivity contribution is 5.95. The molecular formula is C21H21F2N7O2. The van der Waals surface area contributed by atoms with Crippen LogP contribution in [0.1, 0.15) is 46.8 Å². The van der Waals surface area contributed by atoms with Gasteiger partial charge in [-0.2, -0.15) is 5.10 Å². The number of halogens is 2. The number of nitrogens with two attached hydrogens (primary N) is 1. The minimum Gasteiger partial charge on any atom is -0.363 e. The van der Waals surface area contributed by atoms with Crippen molar-refractivity contribution in [3.05, 3.63) is 58.9 Å². The van der Waals surface area contributed by atoms with E-state index in [9.17, 15) is 18.4 Å². The molecule has 2 aliphatic rings. The number of rotatable bonds is 3. The van der Waals surface area contributed by atoms with Gasteiger partial charge < -0.3 is 11.1 Å². The number of benzene rings is 1. The highest BCUT2D eigenvalue weighted by Gasteiger charge is 2.51. The predicted octanol–water partition coefficient (Wildman–Crippen LogP) is 1.67. The maximum atomic E-state index is 14.5. The van der Waals surface area contributed by atoms with Gasteiger partial charge in [0.25, 0.3) is 5.91 Å². The number of amides is 2. The summed E-state index contributed by atoms with van der Waals surface area (Å²) < 4.78 is 31.5. The van der Waals surface area contributed by atoms with Crippen molar-refractivity contribution in [2.24, 2.45) is 18.7 Å². The molecule has 2 amide bonds. The molecule has 0 aliphatic carbocycles. The van der Waals surface area contributed by atoms with Gasteiger partial charge in [-0.3, -0.25) is 14.3 Å². The van der Waals surface area contributed by atoms with E-state index in [1.165, 1.54) is 6.07 Å². The van der Waals surface area contributed by atoms with Crippen LogP contribution in [-0.4, -0.2) is 36.4 Å². The molecule has 1 aromatic carbocycles. The molecule has 0 radical (unpaired) electrons. The van der Waals surface area contributed by atoms with Gasteiger partial charge >= 0.3 is 0 Å². The van der Waals surface area contributed by atoms with Gasteiger partial charge in [-0.05, 0) is 37.3 Å². The molecule has 0 spiro atoms. The summed E-state index contributed by atoms with van der Waals surface area (Å²) in [7, 11) is 1.76. The number of anilines is 1. The molecule has 3 aromatic rings. The lowest BCUT2D eigenvalue weighted by molar-refractivity contribution is -0.123. The predicted molar refractivity (Wildman–Crippen MR) is 109 cm³/mol. The van der Waals surface area contributed by atoms with Crippen LogP contribution >= 0.6 is 0 Å². The second kappa shape index (κ2) is 7.21. The van der Waals surface area contributed by atoms with Crippen LogP contribution in [0.2, 0.25) is 0 Å². The molecule has 0 bridgehead atoms. The Kier molecular flexibility index (Phi) is 4.57. The number of hydrogen-bond donors (Lipinski definition) is 2. The van der Waals surface area contributed by atoms with Gasteiger partial charge in [0, 0.05) is 31.3 Å². The van der Waals surface area contributed by atoms with E-state index in [4.69, 9.17) is 5.73 Å². The number of nitrogens with zero attached hydrogens (tertiary/aromatic N) is 5. The van der Waals surface area contributed by atoms with Crippen molar-refractivity contribution in [3.63, 3.8) is 0 Å². The van der Waals surface area contributed by atoms with E-state index in [-0.39, 0.29) is 17.9 Å². The van der Waals surface area contributed by atoms with Crippen LogP contribution in [0.3, 0.4) is 0 Å². The molecule has 32 heavy (non-hydrogen) atoms. The monoisotopic (exact) mass is 441 g/mol. The molecule has 9 nitrogen and oxygen atoms in total. The fourth-order valence-electron chi connectivity index (χ4n) is 5.05. The largest absolute Gasteiger partial charge is 0.363 e. The van der Waals surface area contributed by atoms with E-state index in [1.807, 2.05) is 0 Å². The number of aromatic nitrogens is 5. The zero-order chi connectivity index (χ0) is 22.6. The van der Waals surface area contributed by atoms with Crippen LogP contribution in [0.25, 0.3) is 0 Å². The van der Waals surface area contributed by atoms with Crippen molar-refractivity contribution in [3.8, 4) is 0 Å². The van der Waals surface area contributed by atoms with Gasteiger partial charge in [0.1, 0.15) is 23.0 Å². The first-order chi connectivity index (χ1) is 15.3. The van der Waals surface area contributed by atoms with Crippen LogP contribution in [0, 0.1) is 17.6 Å². The van der Waals surface area contributed by atoms with Crippen LogP contribution in [0.5, 0.6) is 0 Å². The molecule has 4 heterocycles. The summed E-state index contributed by atoms with van der Waals surface area (Å²) in [6.45, 7) is 0. The first-order valence-electron chi connectivity index (χ1n) is 10.3. The summed E-state index contributed by atoms with van der Waals surface area (Å²) in [5.74, 6) is -2.97. The van der Waals surface area contributed by atoms with Crippen LogP contribution in [-0.2, 0) is 30.2 Å². The summed E-state index contributed by atoms with van der Waals surface area (Å²) in [6.07, 6.45) is 5.82. The normalized spacial score (nSPS) is 22.6. The number of fused-ring (bicyclic) bond motifs is 2. The van der Waals surface area contributed by atoms with Gasteiger partial charge in [-0.1, -0.05) is 0 Å². The number of carbonyl (C=O) groups is 2. The Hall–Kier alpha value is -3.63. The Balaban J connectivity index is 1.68. The van der Waals surface area contributed by atoms with E-state index in [2.05, 4.69) is 20.5 Å². The molecule has 0 saturated heterocycles. The maximum absolute atomic E-state index is 14.5. The molecule has 5 rings (SSSR count). The summed E-state index contributed by atoms with van der Waals surface area (Å²) in [6, 6.07) is 2.00. The molecule has 0 saturated carbocycles. The van der Waals surface area contributed by atoms with E-state index < -0.39 is 34.9 Å². The van der Waals surface area contributed by atoms with Gasteiger partial charge in [-0.15, -0.1) is 5.10 Å². The molecule has 2 aliphatic heterocycles. The Labute approximate surface area is 181 Å². The van der Waals surface area contributed by atoms with Crippen LogP contribution in [0.4, 0.5) is 14.5 Å². The molecule has 2 aromatic heterocycles. The van der Waals surface area contributed by atoms with E-state index >= 15 is 0 Å². The minimum atomic E-state index is -1.01. The van der Waals surface area contributed by atoms with Gasteiger partial charge in [0.05, 0.1) is 17.8 Å². The van der Waals surface area contributed by atoms with Crippen LogP contribution in [0.15, 0.2) is 24.5 Å². The lowest BCUT2D eigenvalue weighted by Crippen LogP contribution is -2.50. The molecule has 11 heteroatoms. The molecule has 2 atom stereocenters. The SMILES string of the molecule is Cn1cc(C2([C@@H]3CCc4cc(F)cc(F)c4NC3=O)CCCc3nc(C(N)=O)nn32)cn1. The number of nitrogens with one attached hydrogen (secondary N) is 1. The number of primary amides is 1. The zero-order valence-electron chi connectivity index (χ0n) is 17.3. The topological polar surface area (TPSA) is 121 Å². The van der Waals surface area contributed by atoms with Crippen molar-refractivity contribution in [1.82, 2.24) is 24.5 Å². The summed E-state index contributed by atoms with van der Waals surface area (Å²) >= 11 is 0. The van der Waals surface area contributed by atoms with E-state index in [0.717, 1.165) is 11.6 Å². The third-order valence-electron chi connectivity index (χ3n) is 6.42. The average molecular weight is 441 g/mol. The fourth-order valence-corrected chi connectivity index (χ4v) is 5.05. The quantitative estimate of drug-likeness (QED) is 0.641. The lowest BCUT2D eigenvalue weighted by Gasteiger charge is -2.42. The minimum absolute atomic E-state index is 0.00677. The standard InChI is InChI=1S/C21H21F2N7O2/c1-29-10-12(9-25-29)21(6-2-3-16-26-19(18(24)31)28-30(16)21)14-5-4-11-7-13(22)8-15(23)17(11)27-20(14)32/h7-10,14H,2-6H2,1H3,(H2,24,31)(H,27,32)/t14-,21?/m1/s1. The van der Waals surface area contributed by atoms with E-state index in [0.29, 0.717) is 37.1 Å². The first-order valence-corrected chi connectivity index (χ1v) is 10.3. The van der Waals surface area contributed by atoms with Crippen molar-refractivity contribution in [2.45, 2.75) is 37.6 Å². The average Bonchev–Trinajstić information content (AvgIpc) is 3.33. The Morgan fingerprint density at radius 2 is 2.12 bits per heavy atom. The number of aryl methyl sites for hydroxylation is 3. The van der Waals surface area contributed by atoms with Gasteiger partial charge in [-0.25, -0.2) is 18.4 Å². The van der Waals surface area contributed by atoms with E-state index in [1.54, 1.807) is 28.8 Å². The highest BCUT2D eigenvalue weighted by atomic mass is 19.1. The van der Waals surface area contributed by atoms with Gasteiger partial charge in [0.15, 0.2) is 0 Å².